The van der Waals surface area contributed by atoms with Crippen LogP contribution in [0.15, 0.2) is 0 Å². The average molecular weight is 447 g/mol. The van der Waals surface area contributed by atoms with E-state index in [0.29, 0.717) is 32.2 Å². The monoisotopic (exact) mass is 446 g/mol. The van der Waals surface area contributed by atoms with Crippen LogP contribution in [-0.2, 0) is 19.2 Å². The van der Waals surface area contributed by atoms with E-state index in [2.05, 4.69) is 10.6 Å². The number of rotatable bonds is 12. The zero-order valence-electron chi connectivity index (χ0n) is 17.8. The molecule has 0 aromatic heterocycles. The molecule has 1 heterocycles. The summed E-state index contributed by atoms with van der Waals surface area (Å²) in [6.07, 6.45) is 3.75. The quantitative estimate of drug-likeness (QED) is 0.259. The van der Waals surface area contributed by atoms with Crippen molar-refractivity contribution in [1.29, 1.82) is 0 Å². The zero-order chi connectivity index (χ0) is 22.8. The van der Waals surface area contributed by atoms with E-state index in [1.165, 1.54) is 4.90 Å². The van der Waals surface area contributed by atoms with Gasteiger partial charge in [0.1, 0.15) is 18.1 Å². The molecule has 10 nitrogen and oxygen atoms in total. The molecule has 172 valence electrons. The van der Waals surface area contributed by atoms with Crippen LogP contribution < -0.4 is 16.4 Å². The van der Waals surface area contributed by atoms with Gasteiger partial charge in [-0.15, -0.1) is 0 Å². The fraction of sp³-hybridized carbons (Fsp3) is 0.789. The Labute approximate surface area is 181 Å². The summed E-state index contributed by atoms with van der Waals surface area (Å²) in [5, 5.41) is 23.1. The number of aliphatic hydroxyl groups is 1. The number of carbonyl (C=O) groups excluding carboxylic acids is 3. The van der Waals surface area contributed by atoms with Crippen molar-refractivity contribution in [1.82, 2.24) is 15.5 Å². The normalized spacial score (nSPS) is 19.3. The lowest BCUT2D eigenvalue weighted by molar-refractivity contribution is -0.145. The summed E-state index contributed by atoms with van der Waals surface area (Å²) in [5.41, 5.74) is 5.92. The number of amides is 3. The molecular weight excluding hydrogens is 412 g/mol. The number of nitrogens with two attached hydrogens (primary N) is 1. The maximum atomic E-state index is 13.2. The topological polar surface area (TPSA) is 162 Å². The number of carboxylic acids is 1. The molecule has 11 heteroatoms. The Morgan fingerprint density at radius 1 is 1.20 bits per heavy atom. The van der Waals surface area contributed by atoms with Gasteiger partial charge in [0.25, 0.3) is 0 Å². The number of carbonyl (C=O) groups is 4. The first-order valence-corrected chi connectivity index (χ1v) is 11.5. The van der Waals surface area contributed by atoms with E-state index < -0.39 is 48.6 Å². The number of carboxylic acid groups (broad SMARTS) is 1. The SMILES string of the molecule is CSCCC(N)C(=O)NC(CC(C)C)C(=O)N1CCCC1C(=O)NC(CO)C(=O)O. The van der Waals surface area contributed by atoms with Gasteiger partial charge in [0.15, 0.2) is 0 Å². The van der Waals surface area contributed by atoms with Gasteiger partial charge >= 0.3 is 5.97 Å². The second kappa shape index (κ2) is 12.8. The maximum Gasteiger partial charge on any atom is 0.328 e. The third kappa shape index (κ3) is 7.77. The molecule has 1 fully saturated rings. The van der Waals surface area contributed by atoms with E-state index in [1.807, 2.05) is 20.1 Å². The van der Waals surface area contributed by atoms with Crippen LogP contribution in [0.3, 0.4) is 0 Å². The number of thioether (sulfide) groups is 1. The van der Waals surface area contributed by atoms with Crippen molar-refractivity contribution >= 4 is 35.5 Å². The second-order valence-electron chi connectivity index (χ2n) is 7.85. The van der Waals surface area contributed by atoms with Crippen molar-refractivity contribution in [3.63, 3.8) is 0 Å². The zero-order valence-corrected chi connectivity index (χ0v) is 18.6. The molecule has 0 aliphatic carbocycles. The molecule has 0 bridgehead atoms. The summed E-state index contributed by atoms with van der Waals surface area (Å²) in [6.45, 7) is 3.43. The van der Waals surface area contributed by atoms with Crippen molar-refractivity contribution in [2.75, 3.05) is 25.2 Å². The lowest BCUT2D eigenvalue weighted by Gasteiger charge is -2.30. The molecular formula is C19H34N4O6S. The van der Waals surface area contributed by atoms with Crippen LogP contribution in [0.1, 0.15) is 39.5 Å². The Kier molecular flexibility index (Phi) is 11.1. The highest BCUT2D eigenvalue weighted by atomic mass is 32.2. The first kappa shape index (κ1) is 26.2. The molecule has 6 N–H and O–H groups in total. The van der Waals surface area contributed by atoms with E-state index in [1.54, 1.807) is 11.8 Å². The van der Waals surface area contributed by atoms with E-state index in [-0.39, 0.29) is 11.8 Å². The second-order valence-corrected chi connectivity index (χ2v) is 8.84. The summed E-state index contributed by atoms with van der Waals surface area (Å²) in [5.74, 6) is -1.94. The summed E-state index contributed by atoms with van der Waals surface area (Å²) in [7, 11) is 0. The third-order valence-corrected chi connectivity index (χ3v) is 5.57. The number of likely N-dealkylation sites (tertiary alicyclic amines) is 1. The maximum absolute atomic E-state index is 13.2. The number of nitrogens with one attached hydrogen (secondary N) is 2. The van der Waals surface area contributed by atoms with Gasteiger partial charge in [-0.25, -0.2) is 4.79 Å². The molecule has 1 aliphatic rings. The van der Waals surface area contributed by atoms with Crippen molar-refractivity contribution in [3.8, 4) is 0 Å². The summed E-state index contributed by atoms with van der Waals surface area (Å²) in [4.78, 5) is 50.6. The van der Waals surface area contributed by atoms with Crippen LogP contribution >= 0.6 is 11.8 Å². The molecule has 0 spiro atoms. The van der Waals surface area contributed by atoms with Gasteiger partial charge < -0.3 is 31.5 Å². The Morgan fingerprint density at radius 2 is 1.87 bits per heavy atom. The molecule has 0 aromatic carbocycles. The third-order valence-electron chi connectivity index (χ3n) is 4.93. The van der Waals surface area contributed by atoms with Crippen LogP contribution in [0, 0.1) is 5.92 Å². The summed E-state index contributed by atoms with van der Waals surface area (Å²) in [6, 6.07) is -3.82. The Morgan fingerprint density at radius 3 is 2.40 bits per heavy atom. The first-order valence-electron chi connectivity index (χ1n) is 10.1. The van der Waals surface area contributed by atoms with Crippen molar-refractivity contribution in [2.24, 2.45) is 11.7 Å². The van der Waals surface area contributed by atoms with Crippen molar-refractivity contribution in [3.05, 3.63) is 0 Å². The van der Waals surface area contributed by atoms with E-state index >= 15 is 0 Å². The Hall–Kier alpha value is -1.85. The van der Waals surface area contributed by atoms with Crippen molar-refractivity contribution < 1.29 is 29.4 Å². The number of hydrogen-bond donors (Lipinski definition) is 5. The van der Waals surface area contributed by atoms with Crippen LogP contribution in [0.5, 0.6) is 0 Å². The predicted molar refractivity (Wildman–Crippen MR) is 114 cm³/mol. The molecule has 1 aliphatic heterocycles. The fourth-order valence-corrected chi connectivity index (χ4v) is 3.79. The fourth-order valence-electron chi connectivity index (χ4n) is 3.30. The molecule has 0 radical (unpaired) electrons. The highest BCUT2D eigenvalue weighted by molar-refractivity contribution is 7.98. The lowest BCUT2D eigenvalue weighted by Crippen LogP contribution is -2.57. The molecule has 3 amide bonds. The van der Waals surface area contributed by atoms with Gasteiger partial charge in [-0.2, -0.15) is 11.8 Å². The molecule has 30 heavy (non-hydrogen) atoms. The minimum Gasteiger partial charge on any atom is -0.480 e. The van der Waals surface area contributed by atoms with Gasteiger partial charge in [-0.3, -0.25) is 14.4 Å². The summed E-state index contributed by atoms with van der Waals surface area (Å²) < 4.78 is 0. The molecule has 1 saturated heterocycles. The van der Waals surface area contributed by atoms with Crippen LogP contribution in [0.4, 0.5) is 0 Å². The van der Waals surface area contributed by atoms with Crippen LogP contribution in [0.25, 0.3) is 0 Å². The lowest BCUT2D eigenvalue weighted by atomic mass is 10.0. The van der Waals surface area contributed by atoms with Gasteiger partial charge in [-0.05, 0) is 43.6 Å². The average Bonchev–Trinajstić information content (AvgIpc) is 3.18. The van der Waals surface area contributed by atoms with E-state index in [0.717, 1.165) is 5.75 Å². The highest BCUT2D eigenvalue weighted by Crippen LogP contribution is 2.21. The number of nitrogens with zero attached hydrogens (tertiary/aromatic N) is 1. The molecule has 0 saturated carbocycles. The van der Waals surface area contributed by atoms with Crippen LogP contribution in [-0.4, -0.2) is 88.1 Å². The molecule has 1 rings (SSSR count). The van der Waals surface area contributed by atoms with Gasteiger partial charge in [0.05, 0.1) is 12.6 Å². The molecule has 4 unspecified atom stereocenters. The Bertz CT molecular complexity index is 618. The minimum absolute atomic E-state index is 0.113. The largest absolute Gasteiger partial charge is 0.480 e. The molecule has 4 atom stereocenters. The number of aliphatic hydroxyl groups excluding tert-OH is 1. The van der Waals surface area contributed by atoms with Gasteiger partial charge in [-0.1, -0.05) is 13.8 Å². The van der Waals surface area contributed by atoms with Crippen LogP contribution in [0.2, 0.25) is 0 Å². The van der Waals surface area contributed by atoms with Gasteiger partial charge in [0.2, 0.25) is 17.7 Å². The predicted octanol–water partition coefficient (Wildman–Crippen LogP) is -0.850. The smallest absolute Gasteiger partial charge is 0.328 e. The number of hydrogen-bond acceptors (Lipinski definition) is 7. The van der Waals surface area contributed by atoms with E-state index in [4.69, 9.17) is 15.9 Å². The Balaban J connectivity index is 2.89. The molecule has 0 aromatic rings. The van der Waals surface area contributed by atoms with Crippen molar-refractivity contribution in [2.45, 2.75) is 63.7 Å². The van der Waals surface area contributed by atoms with Gasteiger partial charge in [0, 0.05) is 6.54 Å². The standard InChI is InChI=1S/C19H34N4O6S/c1-11(2)9-13(21-16(25)12(20)6-8-30-3)18(27)23-7-4-5-15(23)17(26)22-14(10-24)19(28)29/h11-15,24H,4-10,20H2,1-3H3,(H,21,25)(H,22,26)(H,28,29). The highest BCUT2D eigenvalue weighted by Gasteiger charge is 2.39. The first-order chi connectivity index (χ1) is 14.1. The van der Waals surface area contributed by atoms with E-state index in [9.17, 15) is 19.2 Å². The minimum atomic E-state index is -1.43. The summed E-state index contributed by atoms with van der Waals surface area (Å²) >= 11 is 1.58. The number of aliphatic carboxylic acids is 1.